The molecule has 2 N–H and O–H groups in total. The van der Waals surface area contributed by atoms with E-state index in [2.05, 4.69) is 5.16 Å². The molecule has 1 aromatic heterocycles. The molecule has 1 heterocycles. The second-order valence-corrected chi connectivity index (χ2v) is 7.29. The largest absolute Gasteiger partial charge is 0.508 e. The molecule has 0 bridgehead atoms. The summed E-state index contributed by atoms with van der Waals surface area (Å²) in [6.07, 6.45) is 0. The highest BCUT2D eigenvalue weighted by atomic mass is 32.1. The van der Waals surface area contributed by atoms with Gasteiger partial charge in [0.25, 0.3) is 0 Å². The van der Waals surface area contributed by atoms with Crippen LogP contribution in [0.2, 0.25) is 0 Å². The molecule has 0 aliphatic heterocycles. The topological polar surface area (TPSA) is 80.7 Å². The van der Waals surface area contributed by atoms with E-state index < -0.39 is 0 Å². The number of benzene rings is 2. The lowest BCUT2D eigenvalue weighted by molar-refractivity contribution is 0.402. The third-order valence-electron chi connectivity index (χ3n) is 4.10. The number of ether oxygens (including phenoxy) is 1. The highest BCUT2D eigenvalue weighted by molar-refractivity contribution is 7.71. The fraction of sp³-hybridized carbons (Fsp3) is 0.263. The van der Waals surface area contributed by atoms with Crippen LogP contribution >= 0.6 is 12.2 Å². The maximum atomic E-state index is 10.4. The fourth-order valence-corrected chi connectivity index (χ4v) is 2.97. The third-order valence-corrected chi connectivity index (χ3v) is 4.36. The van der Waals surface area contributed by atoms with E-state index in [1.54, 1.807) is 29.9 Å². The molecular weight excluding hydrogens is 352 g/mol. The molecule has 136 valence electrons. The van der Waals surface area contributed by atoms with E-state index in [-0.39, 0.29) is 21.8 Å². The van der Waals surface area contributed by atoms with Gasteiger partial charge in [-0.15, -0.1) is 0 Å². The number of aromatic hydroxyl groups is 2. The van der Waals surface area contributed by atoms with E-state index in [0.29, 0.717) is 22.7 Å². The van der Waals surface area contributed by atoms with Gasteiger partial charge in [-0.25, -0.2) is 4.57 Å². The van der Waals surface area contributed by atoms with Crippen molar-refractivity contribution in [1.29, 1.82) is 0 Å². The van der Waals surface area contributed by atoms with E-state index in [1.807, 2.05) is 32.9 Å². The Labute approximate surface area is 156 Å². The minimum absolute atomic E-state index is 0.0249. The Balaban J connectivity index is 2.22. The summed E-state index contributed by atoms with van der Waals surface area (Å²) in [4.78, 5) is 0.148. The zero-order valence-corrected chi connectivity index (χ0v) is 15.8. The summed E-state index contributed by atoms with van der Waals surface area (Å²) < 4.78 is 12.0. The monoisotopic (exact) mass is 372 g/mol. The van der Waals surface area contributed by atoms with Crippen molar-refractivity contribution in [2.75, 3.05) is 7.11 Å². The van der Waals surface area contributed by atoms with Gasteiger partial charge >= 0.3 is 4.84 Å². The highest BCUT2D eigenvalue weighted by Crippen LogP contribution is 2.40. The molecule has 0 radical (unpaired) electrons. The number of phenols is 2. The van der Waals surface area contributed by atoms with Gasteiger partial charge in [0.15, 0.2) is 5.82 Å². The second-order valence-electron chi connectivity index (χ2n) is 6.94. The van der Waals surface area contributed by atoms with E-state index in [0.717, 1.165) is 5.69 Å². The first kappa shape index (κ1) is 18.0. The van der Waals surface area contributed by atoms with Crippen molar-refractivity contribution in [2.24, 2.45) is 0 Å². The number of methoxy groups -OCH3 is 1. The average molecular weight is 372 g/mol. The molecule has 2 aromatic carbocycles. The van der Waals surface area contributed by atoms with Crippen LogP contribution in [0.25, 0.3) is 17.1 Å². The minimum Gasteiger partial charge on any atom is -0.508 e. The van der Waals surface area contributed by atoms with Crippen molar-refractivity contribution >= 4 is 12.2 Å². The van der Waals surface area contributed by atoms with Crippen LogP contribution < -0.4 is 4.74 Å². The first-order valence-corrected chi connectivity index (χ1v) is 8.43. The summed E-state index contributed by atoms with van der Waals surface area (Å²) in [7, 11) is 1.59. The Morgan fingerprint density at radius 2 is 1.73 bits per heavy atom. The average Bonchev–Trinajstić information content (AvgIpc) is 2.95. The zero-order chi connectivity index (χ0) is 19.1. The number of hydrogen-bond donors (Lipinski definition) is 2. The van der Waals surface area contributed by atoms with Gasteiger partial charge in [0.2, 0.25) is 0 Å². The molecule has 0 spiro atoms. The first-order valence-electron chi connectivity index (χ1n) is 8.02. The van der Waals surface area contributed by atoms with Gasteiger partial charge in [0.05, 0.1) is 18.4 Å². The first-order chi connectivity index (χ1) is 12.2. The van der Waals surface area contributed by atoms with Crippen molar-refractivity contribution in [3.63, 3.8) is 0 Å². The Hall–Kier alpha value is -2.80. The molecule has 3 aromatic rings. The summed E-state index contributed by atoms with van der Waals surface area (Å²) in [6.45, 7) is 5.92. The lowest BCUT2D eigenvalue weighted by Gasteiger charge is -2.21. The minimum atomic E-state index is -0.321. The van der Waals surface area contributed by atoms with Crippen molar-refractivity contribution in [2.45, 2.75) is 26.2 Å². The van der Waals surface area contributed by atoms with Gasteiger partial charge in [-0.1, -0.05) is 25.9 Å². The predicted molar refractivity (Wildman–Crippen MR) is 101 cm³/mol. The molecular formula is C19H20N2O4S. The fourth-order valence-electron chi connectivity index (χ4n) is 2.74. The molecule has 0 aliphatic rings. The molecule has 7 heteroatoms. The van der Waals surface area contributed by atoms with E-state index in [9.17, 15) is 10.2 Å². The van der Waals surface area contributed by atoms with Gasteiger partial charge in [-0.3, -0.25) is 0 Å². The van der Waals surface area contributed by atoms with Gasteiger partial charge in [0.1, 0.15) is 17.2 Å². The van der Waals surface area contributed by atoms with Crippen LogP contribution in [0.3, 0.4) is 0 Å². The van der Waals surface area contributed by atoms with Gasteiger partial charge in [-0.05, 0) is 48.0 Å². The van der Waals surface area contributed by atoms with Crippen LogP contribution in [0.15, 0.2) is 40.9 Å². The Morgan fingerprint density at radius 3 is 2.31 bits per heavy atom. The Bertz CT molecular complexity index is 998. The lowest BCUT2D eigenvalue weighted by atomic mass is 9.85. The molecule has 26 heavy (non-hydrogen) atoms. The maximum absolute atomic E-state index is 10.4. The van der Waals surface area contributed by atoms with E-state index in [4.69, 9.17) is 21.5 Å². The van der Waals surface area contributed by atoms with Crippen LogP contribution in [-0.4, -0.2) is 27.0 Å². The maximum Gasteiger partial charge on any atom is 0.302 e. The van der Waals surface area contributed by atoms with Crippen LogP contribution in [0, 0.1) is 4.84 Å². The zero-order valence-electron chi connectivity index (χ0n) is 15.0. The molecule has 0 saturated heterocycles. The van der Waals surface area contributed by atoms with E-state index >= 15 is 0 Å². The smallest absolute Gasteiger partial charge is 0.302 e. The van der Waals surface area contributed by atoms with Gasteiger partial charge in [0, 0.05) is 11.6 Å². The standard InChI is InChI=1S/C19H20N2O4S/c1-19(2,3)14-9-13(15(22)10-16(14)23)17-20-25-18(26)21(17)11-5-7-12(24-4)8-6-11/h5-10,22-23H,1-4H3. The Kier molecular flexibility index (Phi) is 4.50. The van der Waals surface area contributed by atoms with Crippen LogP contribution in [0.5, 0.6) is 17.2 Å². The SMILES string of the molecule is COc1ccc(-n2c(-c3cc(C(C)(C)C)c(O)cc3O)noc2=S)cc1. The van der Waals surface area contributed by atoms with Crippen LogP contribution in [0.4, 0.5) is 0 Å². The second kappa shape index (κ2) is 6.49. The van der Waals surface area contributed by atoms with Crippen molar-refractivity contribution in [3.8, 4) is 34.3 Å². The molecule has 6 nitrogen and oxygen atoms in total. The summed E-state index contributed by atoms with van der Waals surface area (Å²) in [6, 6.07) is 10.2. The number of nitrogens with zero attached hydrogens (tertiary/aromatic N) is 2. The normalized spacial score (nSPS) is 11.5. The van der Waals surface area contributed by atoms with Crippen LogP contribution in [0.1, 0.15) is 26.3 Å². The Morgan fingerprint density at radius 1 is 1.08 bits per heavy atom. The third kappa shape index (κ3) is 3.17. The number of hydrogen-bond acceptors (Lipinski definition) is 6. The summed E-state index contributed by atoms with van der Waals surface area (Å²) in [5, 5.41) is 24.6. The van der Waals surface area contributed by atoms with Gasteiger partial charge in [-0.2, -0.15) is 0 Å². The highest BCUT2D eigenvalue weighted by Gasteiger charge is 2.24. The van der Waals surface area contributed by atoms with Gasteiger partial charge < -0.3 is 19.5 Å². The number of rotatable bonds is 3. The predicted octanol–water partition coefficient (Wildman–Crippen LogP) is 4.58. The summed E-state index contributed by atoms with van der Waals surface area (Å²) in [5.74, 6) is 0.974. The number of aromatic nitrogens is 2. The molecule has 0 amide bonds. The van der Waals surface area contributed by atoms with Crippen molar-refractivity contribution in [3.05, 3.63) is 46.8 Å². The number of phenolic OH excluding ortho intramolecular Hbond substituents is 2. The molecule has 3 rings (SSSR count). The molecule has 0 atom stereocenters. The van der Waals surface area contributed by atoms with Crippen molar-refractivity contribution in [1.82, 2.24) is 9.72 Å². The molecule has 0 aliphatic carbocycles. The molecule has 0 unspecified atom stereocenters. The lowest BCUT2D eigenvalue weighted by Crippen LogP contribution is -2.11. The van der Waals surface area contributed by atoms with Crippen LogP contribution in [-0.2, 0) is 5.41 Å². The summed E-state index contributed by atoms with van der Waals surface area (Å²) >= 11 is 5.26. The summed E-state index contributed by atoms with van der Waals surface area (Å²) in [5.41, 5.74) is 1.50. The van der Waals surface area contributed by atoms with E-state index in [1.165, 1.54) is 6.07 Å². The van der Waals surface area contributed by atoms with Crippen molar-refractivity contribution < 1.29 is 19.5 Å². The molecule has 0 saturated carbocycles. The quantitative estimate of drug-likeness (QED) is 0.655. The molecule has 0 fully saturated rings.